The number of halogens is 2. The Labute approximate surface area is 236 Å². The molecule has 38 heavy (non-hydrogen) atoms. The van der Waals surface area contributed by atoms with E-state index in [2.05, 4.69) is 17.2 Å². The number of para-hydroxylation sites is 1. The fraction of sp³-hybridized carbons (Fsp3) is 0.321. The summed E-state index contributed by atoms with van der Waals surface area (Å²) >= 11 is 13.9. The van der Waals surface area contributed by atoms with Crippen LogP contribution < -0.4 is 10.1 Å². The summed E-state index contributed by atoms with van der Waals surface area (Å²) in [6, 6.07) is 8.70. The monoisotopic (exact) mass is 576 g/mol. The number of carboxylic acids is 1. The molecule has 0 spiro atoms. The van der Waals surface area contributed by atoms with Gasteiger partial charge in [0.1, 0.15) is 5.75 Å². The Hall–Kier alpha value is -2.91. The van der Waals surface area contributed by atoms with Gasteiger partial charge in [-0.2, -0.15) is 0 Å². The lowest BCUT2D eigenvalue weighted by Gasteiger charge is -2.18. The van der Waals surface area contributed by atoms with E-state index in [1.54, 1.807) is 7.11 Å². The summed E-state index contributed by atoms with van der Waals surface area (Å²) in [4.78, 5) is 28.6. The van der Waals surface area contributed by atoms with Crippen molar-refractivity contribution in [1.82, 2.24) is 4.98 Å². The molecule has 1 atom stereocenters. The summed E-state index contributed by atoms with van der Waals surface area (Å²) in [5, 5.41) is 14.4. The van der Waals surface area contributed by atoms with Gasteiger partial charge in [-0.1, -0.05) is 55.1 Å². The molecular weight excluding hydrogens is 547 g/mol. The van der Waals surface area contributed by atoms with Gasteiger partial charge < -0.3 is 14.6 Å². The van der Waals surface area contributed by atoms with E-state index in [-0.39, 0.29) is 27.3 Å². The van der Waals surface area contributed by atoms with Crippen molar-refractivity contribution in [2.75, 3.05) is 19.0 Å². The van der Waals surface area contributed by atoms with E-state index in [4.69, 9.17) is 37.8 Å². The zero-order valence-electron chi connectivity index (χ0n) is 21.6. The van der Waals surface area contributed by atoms with Crippen LogP contribution in [0.3, 0.4) is 0 Å². The Bertz CT molecular complexity index is 1320. The number of hydrogen-bond donors (Lipinski definition) is 2. The van der Waals surface area contributed by atoms with Crippen molar-refractivity contribution in [2.45, 2.75) is 46.1 Å². The minimum Gasteiger partial charge on any atom is -0.496 e. The average Bonchev–Trinajstić information content (AvgIpc) is 3.35. The topological polar surface area (TPSA) is 97.8 Å². The highest BCUT2D eigenvalue weighted by Crippen LogP contribution is 2.38. The van der Waals surface area contributed by atoms with Gasteiger partial charge in [-0.25, -0.2) is 9.78 Å². The molecule has 1 heterocycles. The molecule has 0 aliphatic rings. The SMILES string of the molecule is CCCCCO[C@@H](C)c1cccc(-c2csc(NC(=O)c3cc(Cl)c(/C=C(\C)C(=O)O)c(Cl)c3)n2)c1OC. The normalized spacial score (nSPS) is 12.3. The number of nitrogens with one attached hydrogen (secondary N) is 1. The van der Waals surface area contributed by atoms with E-state index < -0.39 is 11.9 Å². The summed E-state index contributed by atoms with van der Waals surface area (Å²) in [5.74, 6) is -0.859. The lowest BCUT2D eigenvalue weighted by molar-refractivity contribution is -0.132. The summed E-state index contributed by atoms with van der Waals surface area (Å²) in [5.41, 5.74) is 2.99. The zero-order valence-corrected chi connectivity index (χ0v) is 24.0. The molecule has 0 radical (unpaired) electrons. The number of carbonyl (C=O) groups excluding carboxylic acids is 1. The van der Waals surface area contributed by atoms with Crippen LogP contribution in [0.1, 0.15) is 67.6 Å². The molecule has 2 N–H and O–H groups in total. The number of benzene rings is 2. The number of hydrogen-bond acceptors (Lipinski definition) is 6. The fourth-order valence-corrected chi connectivity index (χ4v) is 5.06. The molecule has 1 amide bonds. The van der Waals surface area contributed by atoms with Crippen LogP contribution in [0.15, 0.2) is 41.3 Å². The number of nitrogens with zero attached hydrogens (tertiary/aromatic N) is 1. The Balaban J connectivity index is 1.79. The number of amides is 1. The summed E-state index contributed by atoms with van der Waals surface area (Å²) in [7, 11) is 1.62. The molecule has 1 aromatic heterocycles. The first-order valence-corrected chi connectivity index (χ1v) is 13.8. The standard InChI is InChI=1S/C28H30Cl2N2O5S/c1-5-6-7-11-37-17(3)19-9-8-10-20(25(19)36-4)24-15-38-28(31-24)32-26(33)18-13-22(29)21(23(30)14-18)12-16(2)27(34)35/h8-10,12-15,17H,5-7,11H2,1-4H3,(H,34,35)(H,31,32,33)/b16-12+/t17-/m0/s1. The molecule has 202 valence electrons. The maximum absolute atomic E-state index is 12.9. The first-order valence-electron chi connectivity index (χ1n) is 12.1. The van der Waals surface area contributed by atoms with Gasteiger partial charge in [-0.3, -0.25) is 10.1 Å². The van der Waals surface area contributed by atoms with Crippen LogP contribution in [-0.2, 0) is 9.53 Å². The van der Waals surface area contributed by atoms with Gasteiger partial charge in [0.15, 0.2) is 5.13 Å². The lowest BCUT2D eigenvalue weighted by atomic mass is 10.0. The zero-order chi connectivity index (χ0) is 27.8. The molecule has 10 heteroatoms. The minimum atomic E-state index is -1.09. The van der Waals surface area contributed by atoms with Crippen molar-refractivity contribution in [2.24, 2.45) is 0 Å². The van der Waals surface area contributed by atoms with Crippen LogP contribution in [0, 0.1) is 0 Å². The largest absolute Gasteiger partial charge is 0.496 e. The van der Waals surface area contributed by atoms with Gasteiger partial charge in [0.05, 0.1) is 29.0 Å². The second-order valence-corrected chi connectivity index (χ2v) is 10.3. The first-order chi connectivity index (χ1) is 18.2. The number of anilines is 1. The van der Waals surface area contributed by atoms with E-state index in [9.17, 15) is 9.59 Å². The Morgan fingerprint density at radius 2 is 1.92 bits per heavy atom. The highest BCUT2D eigenvalue weighted by molar-refractivity contribution is 7.14. The third kappa shape index (κ3) is 7.35. The summed E-state index contributed by atoms with van der Waals surface area (Å²) in [6.45, 7) is 6.27. The van der Waals surface area contributed by atoms with Crippen LogP contribution in [0.5, 0.6) is 5.75 Å². The first kappa shape index (κ1) is 29.6. The van der Waals surface area contributed by atoms with Crippen molar-refractivity contribution >= 4 is 57.6 Å². The minimum absolute atomic E-state index is 0.0678. The third-order valence-corrected chi connectivity index (χ3v) is 7.23. The number of thiazole rings is 1. The Morgan fingerprint density at radius 3 is 2.55 bits per heavy atom. The number of ether oxygens (including phenoxy) is 2. The molecule has 3 aromatic rings. The molecule has 0 fully saturated rings. The number of aromatic nitrogens is 1. The molecule has 7 nitrogen and oxygen atoms in total. The van der Waals surface area contributed by atoms with E-state index in [0.29, 0.717) is 28.7 Å². The van der Waals surface area contributed by atoms with Gasteiger partial charge >= 0.3 is 5.97 Å². The van der Waals surface area contributed by atoms with Crippen LogP contribution >= 0.6 is 34.5 Å². The maximum Gasteiger partial charge on any atom is 0.331 e. The molecular formula is C28H30Cl2N2O5S. The number of unbranched alkanes of at least 4 members (excludes halogenated alkanes) is 2. The van der Waals surface area contributed by atoms with Gasteiger partial charge in [0.25, 0.3) is 5.91 Å². The van der Waals surface area contributed by atoms with E-state index in [1.807, 2.05) is 30.5 Å². The molecule has 0 saturated heterocycles. The molecule has 2 aromatic carbocycles. The highest BCUT2D eigenvalue weighted by atomic mass is 35.5. The van der Waals surface area contributed by atoms with Crippen molar-refractivity contribution in [3.05, 3.63) is 68.0 Å². The van der Waals surface area contributed by atoms with E-state index in [1.165, 1.54) is 36.5 Å². The van der Waals surface area contributed by atoms with Crippen molar-refractivity contribution in [3.63, 3.8) is 0 Å². The number of carboxylic acid groups (broad SMARTS) is 1. The molecule has 0 aliphatic carbocycles. The fourth-order valence-electron chi connectivity index (χ4n) is 3.76. The van der Waals surface area contributed by atoms with Gasteiger partial charge in [-0.05, 0) is 44.5 Å². The van der Waals surface area contributed by atoms with Crippen LogP contribution in [0.25, 0.3) is 17.3 Å². The summed E-state index contributed by atoms with van der Waals surface area (Å²) in [6.07, 6.45) is 4.48. The van der Waals surface area contributed by atoms with E-state index in [0.717, 1.165) is 30.4 Å². The van der Waals surface area contributed by atoms with Gasteiger partial charge in [0.2, 0.25) is 0 Å². The number of rotatable bonds is 12. The predicted molar refractivity (Wildman–Crippen MR) is 154 cm³/mol. The molecule has 0 saturated carbocycles. The highest BCUT2D eigenvalue weighted by Gasteiger charge is 2.19. The van der Waals surface area contributed by atoms with Crippen LogP contribution in [0.2, 0.25) is 10.0 Å². The number of aliphatic carboxylic acids is 1. The van der Waals surface area contributed by atoms with E-state index >= 15 is 0 Å². The predicted octanol–water partition coefficient (Wildman–Crippen LogP) is 8.13. The molecule has 3 rings (SSSR count). The number of carbonyl (C=O) groups is 2. The average molecular weight is 578 g/mol. The molecule has 0 unspecified atom stereocenters. The second-order valence-electron chi connectivity index (χ2n) is 8.63. The Kier molecular flexibility index (Phi) is 10.7. The second kappa shape index (κ2) is 13.8. The van der Waals surface area contributed by atoms with Crippen molar-refractivity contribution in [3.8, 4) is 17.0 Å². The van der Waals surface area contributed by atoms with Crippen molar-refractivity contribution < 1.29 is 24.2 Å². The van der Waals surface area contributed by atoms with Crippen LogP contribution in [0.4, 0.5) is 5.13 Å². The third-order valence-electron chi connectivity index (χ3n) is 5.84. The van der Waals surface area contributed by atoms with Crippen LogP contribution in [-0.4, -0.2) is 35.7 Å². The summed E-state index contributed by atoms with van der Waals surface area (Å²) < 4.78 is 11.8. The Morgan fingerprint density at radius 1 is 1.21 bits per heavy atom. The quantitative estimate of drug-likeness (QED) is 0.167. The lowest BCUT2D eigenvalue weighted by Crippen LogP contribution is -2.12. The maximum atomic E-state index is 12.9. The molecule has 0 bridgehead atoms. The molecule has 0 aliphatic heterocycles. The van der Waals surface area contributed by atoms with Gasteiger partial charge in [0, 0.05) is 39.8 Å². The van der Waals surface area contributed by atoms with Crippen molar-refractivity contribution in [1.29, 1.82) is 0 Å². The van der Waals surface area contributed by atoms with Gasteiger partial charge in [-0.15, -0.1) is 11.3 Å². The smallest absolute Gasteiger partial charge is 0.331 e. The number of methoxy groups -OCH3 is 1.